The summed E-state index contributed by atoms with van der Waals surface area (Å²) in [4.78, 5) is 22.4. The highest BCUT2D eigenvalue weighted by Crippen LogP contribution is 1.96. The van der Waals surface area contributed by atoms with E-state index in [9.17, 15) is 9.59 Å². The Hall–Kier alpha value is -1.10. The lowest BCUT2D eigenvalue weighted by atomic mass is 10.2. The molecule has 0 atom stereocenters. The van der Waals surface area contributed by atoms with Crippen LogP contribution in [-0.2, 0) is 9.59 Å². The molecule has 0 unspecified atom stereocenters. The van der Waals surface area contributed by atoms with Gasteiger partial charge >= 0.3 is 0 Å². The molecule has 0 saturated heterocycles. The summed E-state index contributed by atoms with van der Waals surface area (Å²) in [6, 6.07) is 0.144. The van der Waals surface area contributed by atoms with Crippen molar-refractivity contribution in [3.05, 3.63) is 0 Å². The third-order valence-electron chi connectivity index (χ3n) is 1.91. The van der Waals surface area contributed by atoms with Crippen molar-refractivity contribution < 1.29 is 14.7 Å². The van der Waals surface area contributed by atoms with Crippen molar-refractivity contribution in [1.29, 1.82) is 0 Å². The summed E-state index contributed by atoms with van der Waals surface area (Å²) in [5.41, 5.74) is 0. The zero-order chi connectivity index (χ0) is 12.4. The van der Waals surface area contributed by atoms with E-state index in [1.165, 1.54) is 0 Å². The van der Waals surface area contributed by atoms with Gasteiger partial charge in [0.1, 0.15) is 0 Å². The van der Waals surface area contributed by atoms with Crippen LogP contribution in [0.15, 0.2) is 0 Å². The van der Waals surface area contributed by atoms with Gasteiger partial charge < -0.3 is 15.7 Å². The monoisotopic (exact) mass is 230 g/mol. The maximum atomic E-state index is 11.2. The molecule has 5 nitrogen and oxygen atoms in total. The van der Waals surface area contributed by atoms with Crippen LogP contribution in [0.2, 0.25) is 0 Å². The van der Waals surface area contributed by atoms with Gasteiger partial charge in [0.15, 0.2) is 0 Å². The van der Waals surface area contributed by atoms with Crippen LogP contribution in [0.3, 0.4) is 0 Å². The Bertz CT molecular complexity index is 217. The Morgan fingerprint density at radius 1 is 1.12 bits per heavy atom. The first-order valence-electron chi connectivity index (χ1n) is 5.73. The van der Waals surface area contributed by atoms with Crippen molar-refractivity contribution in [2.45, 2.75) is 45.6 Å². The molecule has 0 aromatic carbocycles. The first kappa shape index (κ1) is 14.9. The predicted octanol–water partition coefficient (Wildman–Crippen LogP) is 0.180. The number of hydrogen-bond acceptors (Lipinski definition) is 3. The smallest absolute Gasteiger partial charge is 0.220 e. The van der Waals surface area contributed by atoms with Crippen molar-refractivity contribution in [3.8, 4) is 0 Å². The summed E-state index contributed by atoms with van der Waals surface area (Å²) >= 11 is 0. The van der Waals surface area contributed by atoms with E-state index in [4.69, 9.17) is 5.11 Å². The second-order valence-electron chi connectivity index (χ2n) is 4.00. The number of carbonyl (C=O) groups is 2. The molecule has 16 heavy (non-hydrogen) atoms. The minimum Gasteiger partial charge on any atom is -0.396 e. The molecule has 0 fully saturated rings. The van der Waals surface area contributed by atoms with E-state index < -0.39 is 0 Å². The van der Waals surface area contributed by atoms with Crippen molar-refractivity contribution in [1.82, 2.24) is 10.6 Å². The van der Waals surface area contributed by atoms with Crippen LogP contribution in [0.1, 0.15) is 39.5 Å². The van der Waals surface area contributed by atoms with Gasteiger partial charge in [0, 0.05) is 32.0 Å². The molecule has 0 aliphatic heterocycles. The molecule has 5 heteroatoms. The van der Waals surface area contributed by atoms with Crippen LogP contribution in [0.25, 0.3) is 0 Å². The molecular weight excluding hydrogens is 208 g/mol. The molecule has 0 rings (SSSR count). The molecule has 0 radical (unpaired) electrons. The van der Waals surface area contributed by atoms with Crippen LogP contribution in [0.5, 0.6) is 0 Å². The largest absolute Gasteiger partial charge is 0.396 e. The van der Waals surface area contributed by atoms with Crippen molar-refractivity contribution in [2.24, 2.45) is 0 Å². The summed E-state index contributed by atoms with van der Waals surface area (Å²) in [6.45, 7) is 4.38. The fourth-order valence-corrected chi connectivity index (χ4v) is 1.20. The summed E-state index contributed by atoms with van der Waals surface area (Å²) in [6.07, 6.45) is 1.87. The Morgan fingerprint density at radius 2 is 1.75 bits per heavy atom. The molecule has 0 aromatic heterocycles. The SMILES string of the molecule is CC(C)NC(=O)CCCC(=O)NCCCO. The molecule has 0 spiro atoms. The van der Waals surface area contributed by atoms with E-state index in [0.29, 0.717) is 32.2 Å². The molecule has 0 aromatic rings. The number of amides is 2. The summed E-state index contributed by atoms with van der Waals surface area (Å²) in [7, 11) is 0. The number of aliphatic hydroxyl groups is 1. The average molecular weight is 230 g/mol. The molecule has 2 amide bonds. The average Bonchev–Trinajstić information content (AvgIpc) is 2.17. The lowest BCUT2D eigenvalue weighted by molar-refractivity contribution is -0.122. The minimum absolute atomic E-state index is 0.0156. The van der Waals surface area contributed by atoms with E-state index >= 15 is 0 Å². The van der Waals surface area contributed by atoms with Gasteiger partial charge in [-0.15, -0.1) is 0 Å². The number of nitrogens with one attached hydrogen (secondary N) is 2. The summed E-state index contributed by atoms with van der Waals surface area (Å²) < 4.78 is 0. The minimum atomic E-state index is -0.0641. The highest BCUT2D eigenvalue weighted by atomic mass is 16.3. The standard InChI is InChI=1S/C11H22N2O3/c1-9(2)13-11(16)6-3-5-10(15)12-7-4-8-14/h9,14H,3-8H2,1-2H3,(H,12,15)(H,13,16). The molecule has 0 aliphatic carbocycles. The number of aliphatic hydroxyl groups excluding tert-OH is 1. The topological polar surface area (TPSA) is 78.4 Å². The van der Waals surface area contributed by atoms with Gasteiger partial charge in [0.05, 0.1) is 0 Å². The number of carbonyl (C=O) groups excluding carboxylic acids is 2. The van der Waals surface area contributed by atoms with Crippen molar-refractivity contribution in [2.75, 3.05) is 13.2 Å². The van der Waals surface area contributed by atoms with Gasteiger partial charge in [-0.2, -0.15) is 0 Å². The van der Waals surface area contributed by atoms with Gasteiger partial charge in [-0.3, -0.25) is 9.59 Å². The van der Waals surface area contributed by atoms with Crippen LogP contribution >= 0.6 is 0 Å². The van der Waals surface area contributed by atoms with Gasteiger partial charge in [-0.05, 0) is 26.7 Å². The van der Waals surface area contributed by atoms with Crippen molar-refractivity contribution >= 4 is 11.8 Å². The lowest BCUT2D eigenvalue weighted by Crippen LogP contribution is -2.30. The second kappa shape index (κ2) is 9.15. The molecule has 94 valence electrons. The Balaban J connectivity index is 3.43. The maximum Gasteiger partial charge on any atom is 0.220 e. The Labute approximate surface area is 96.6 Å². The first-order chi connectivity index (χ1) is 7.56. The molecular formula is C11H22N2O3. The predicted molar refractivity (Wildman–Crippen MR) is 61.8 cm³/mol. The van der Waals surface area contributed by atoms with Crippen LogP contribution in [-0.4, -0.2) is 36.1 Å². The normalized spacial score (nSPS) is 10.2. The lowest BCUT2D eigenvalue weighted by Gasteiger charge is -2.08. The number of hydrogen-bond donors (Lipinski definition) is 3. The quantitative estimate of drug-likeness (QED) is 0.520. The molecule has 0 aliphatic rings. The van der Waals surface area contributed by atoms with E-state index in [0.717, 1.165) is 0 Å². The highest BCUT2D eigenvalue weighted by molar-refractivity contribution is 5.78. The van der Waals surface area contributed by atoms with Crippen LogP contribution in [0, 0.1) is 0 Å². The van der Waals surface area contributed by atoms with Gasteiger partial charge in [0.2, 0.25) is 11.8 Å². The fraction of sp³-hybridized carbons (Fsp3) is 0.818. The molecule has 0 saturated carbocycles. The van der Waals surface area contributed by atoms with E-state index in [2.05, 4.69) is 10.6 Å². The van der Waals surface area contributed by atoms with Crippen LogP contribution < -0.4 is 10.6 Å². The molecule has 0 heterocycles. The first-order valence-corrected chi connectivity index (χ1v) is 5.73. The highest BCUT2D eigenvalue weighted by Gasteiger charge is 2.05. The summed E-state index contributed by atoms with van der Waals surface area (Å²) in [5.74, 6) is -0.0797. The van der Waals surface area contributed by atoms with Gasteiger partial charge in [0.25, 0.3) is 0 Å². The van der Waals surface area contributed by atoms with Gasteiger partial charge in [-0.25, -0.2) is 0 Å². The zero-order valence-corrected chi connectivity index (χ0v) is 10.1. The second-order valence-corrected chi connectivity index (χ2v) is 4.00. The molecule has 0 bridgehead atoms. The Kier molecular flexibility index (Phi) is 8.52. The van der Waals surface area contributed by atoms with E-state index in [1.807, 2.05) is 13.8 Å². The fourth-order valence-electron chi connectivity index (χ4n) is 1.20. The number of rotatable bonds is 8. The molecule has 3 N–H and O–H groups in total. The Morgan fingerprint density at radius 3 is 2.31 bits per heavy atom. The van der Waals surface area contributed by atoms with Crippen LogP contribution in [0.4, 0.5) is 0 Å². The van der Waals surface area contributed by atoms with E-state index in [-0.39, 0.29) is 24.5 Å². The van der Waals surface area contributed by atoms with Gasteiger partial charge in [-0.1, -0.05) is 0 Å². The maximum absolute atomic E-state index is 11.2. The van der Waals surface area contributed by atoms with Crippen molar-refractivity contribution in [3.63, 3.8) is 0 Å². The zero-order valence-electron chi connectivity index (χ0n) is 10.1. The van der Waals surface area contributed by atoms with E-state index in [1.54, 1.807) is 0 Å². The summed E-state index contributed by atoms with van der Waals surface area (Å²) in [5, 5.41) is 13.9. The third kappa shape index (κ3) is 9.45. The third-order valence-corrected chi connectivity index (χ3v) is 1.91.